The summed E-state index contributed by atoms with van der Waals surface area (Å²) in [6.45, 7) is 0.0985. The summed E-state index contributed by atoms with van der Waals surface area (Å²) in [5, 5.41) is 59.4. The molecule has 10 heteroatoms. The predicted octanol–water partition coefficient (Wildman–Crippen LogP) is 2.06. The van der Waals surface area contributed by atoms with Crippen molar-refractivity contribution in [1.82, 2.24) is 0 Å². The lowest BCUT2D eigenvalue weighted by molar-refractivity contribution is -0.201. The third-order valence-electron chi connectivity index (χ3n) is 5.81. The maximum Gasteiger partial charge on any atom is 0.338 e. The van der Waals surface area contributed by atoms with Gasteiger partial charge in [0.25, 0.3) is 0 Å². The molecular formula is C26H30O10. The summed E-state index contributed by atoms with van der Waals surface area (Å²) in [6, 6.07) is 8.65. The van der Waals surface area contributed by atoms with Gasteiger partial charge in [-0.3, -0.25) is 0 Å². The van der Waals surface area contributed by atoms with Crippen LogP contribution < -0.4 is 0 Å². The van der Waals surface area contributed by atoms with Gasteiger partial charge >= 0.3 is 5.97 Å². The number of aliphatic hydroxyl groups is 2. The Hall–Kier alpha value is -3.57. The average Bonchev–Trinajstić information content (AvgIpc) is 2.84. The zero-order valence-corrected chi connectivity index (χ0v) is 19.7. The number of esters is 1. The Morgan fingerprint density at radius 1 is 0.889 bits per heavy atom. The van der Waals surface area contributed by atoms with E-state index in [-0.39, 0.29) is 49.1 Å². The van der Waals surface area contributed by atoms with Crippen LogP contribution in [0.15, 0.2) is 48.6 Å². The number of ether oxygens (including phenoxy) is 3. The summed E-state index contributed by atoms with van der Waals surface area (Å²) >= 11 is 0. The van der Waals surface area contributed by atoms with Gasteiger partial charge in [0.2, 0.25) is 0 Å². The Labute approximate surface area is 207 Å². The van der Waals surface area contributed by atoms with E-state index in [1.54, 1.807) is 36.4 Å². The molecule has 0 amide bonds. The monoisotopic (exact) mass is 502 g/mol. The molecule has 1 fully saturated rings. The smallest absolute Gasteiger partial charge is 0.338 e. The molecule has 10 nitrogen and oxygen atoms in total. The molecule has 0 saturated heterocycles. The highest BCUT2D eigenvalue weighted by atomic mass is 16.6. The Bertz CT molecular complexity index is 1110. The third-order valence-corrected chi connectivity index (χ3v) is 5.81. The van der Waals surface area contributed by atoms with Crippen molar-refractivity contribution in [1.29, 1.82) is 0 Å². The van der Waals surface area contributed by atoms with Crippen molar-refractivity contribution in [3.63, 3.8) is 0 Å². The number of hydrogen-bond donors (Lipinski definition) is 6. The van der Waals surface area contributed by atoms with Gasteiger partial charge in [0, 0.05) is 12.8 Å². The van der Waals surface area contributed by atoms with Crippen molar-refractivity contribution in [2.45, 2.75) is 36.8 Å². The topological polar surface area (TPSA) is 166 Å². The van der Waals surface area contributed by atoms with Crippen LogP contribution in [-0.2, 0) is 19.0 Å². The van der Waals surface area contributed by atoms with Crippen molar-refractivity contribution in [2.24, 2.45) is 0 Å². The van der Waals surface area contributed by atoms with Crippen molar-refractivity contribution < 1.29 is 49.6 Å². The van der Waals surface area contributed by atoms with Crippen LogP contribution in [0.3, 0.4) is 0 Å². The van der Waals surface area contributed by atoms with E-state index in [2.05, 4.69) is 0 Å². The van der Waals surface area contributed by atoms with Crippen LogP contribution in [0.2, 0.25) is 0 Å². The Morgan fingerprint density at radius 2 is 1.42 bits per heavy atom. The second-order valence-electron chi connectivity index (χ2n) is 8.47. The number of methoxy groups -OCH3 is 1. The number of aliphatic hydroxyl groups excluding tert-OH is 1. The summed E-state index contributed by atoms with van der Waals surface area (Å²) in [7, 11) is 1.15. The number of rotatable bonds is 9. The van der Waals surface area contributed by atoms with Crippen LogP contribution in [0.4, 0.5) is 0 Å². The van der Waals surface area contributed by atoms with E-state index in [0.717, 1.165) is 7.11 Å². The number of carbonyl (C=O) groups is 1. The molecule has 0 spiro atoms. The van der Waals surface area contributed by atoms with Crippen LogP contribution in [0.25, 0.3) is 12.2 Å². The van der Waals surface area contributed by atoms with E-state index in [1.165, 1.54) is 24.3 Å². The molecule has 194 valence electrons. The summed E-state index contributed by atoms with van der Waals surface area (Å²) in [5.41, 5.74) is -0.705. The molecule has 1 aliphatic carbocycles. The van der Waals surface area contributed by atoms with Crippen LogP contribution >= 0.6 is 0 Å². The summed E-state index contributed by atoms with van der Waals surface area (Å²) < 4.78 is 16.3. The van der Waals surface area contributed by atoms with Crippen LogP contribution in [0.1, 0.15) is 24.0 Å². The SMILES string of the molecule is COC(=O)[C@]1(O)C[C@@H](O)[C@@H](OC/C=C/c2ccc(O)c(O)c2)[C@H](OC/C=C/c2ccc(O)c(O)c2)C1. The van der Waals surface area contributed by atoms with E-state index < -0.39 is 29.9 Å². The zero-order valence-electron chi connectivity index (χ0n) is 19.7. The standard InChI is InChI=1S/C26H30O10/c1-34-25(32)26(33)14-22(31)24(36-11-3-5-17-7-9-19(28)21(30)13-17)23(15-26)35-10-2-4-16-6-8-18(27)20(29)12-16/h2-9,12-13,22-24,27-31,33H,10-11,14-15H2,1H3/b4-2+,5-3+/t22-,23-,24-,26+/m1/s1. The number of benzene rings is 2. The fourth-order valence-corrected chi connectivity index (χ4v) is 3.97. The highest BCUT2D eigenvalue weighted by molar-refractivity contribution is 5.79. The van der Waals surface area contributed by atoms with E-state index >= 15 is 0 Å². The summed E-state index contributed by atoms with van der Waals surface area (Å²) in [4.78, 5) is 12.1. The lowest BCUT2D eigenvalue weighted by atomic mass is 9.79. The lowest BCUT2D eigenvalue weighted by Crippen LogP contribution is -2.58. The number of aromatic hydroxyl groups is 4. The molecule has 1 aliphatic rings. The van der Waals surface area contributed by atoms with Gasteiger partial charge in [0.15, 0.2) is 28.6 Å². The van der Waals surface area contributed by atoms with E-state index in [9.17, 15) is 35.4 Å². The highest BCUT2D eigenvalue weighted by Crippen LogP contribution is 2.34. The quantitative estimate of drug-likeness (QED) is 0.221. The molecule has 0 radical (unpaired) electrons. The third kappa shape index (κ3) is 6.76. The Balaban J connectivity index is 1.66. The molecule has 0 heterocycles. The molecule has 0 aromatic heterocycles. The first-order valence-corrected chi connectivity index (χ1v) is 11.2. The van der Waals surface area contributed by atoms with Crippen molar-refractivity contribution in [3.8, 4) is 23.0 Å². The minimum Gasteiger partial charge on any atom is -0.504 e. The van der Waals surface area contributed by atoms with Gasteiger partial charge in [-0.15, -0.1) is 0 Å². The Kier molecular flexibility index (Phi) is 8.94. The molecule has 2 aromatic rings. The predicted molar refractivity (Wildman–Crippen MR) is 129 cm³/mol. The molecule has 36 heavy (non-hydrogen) atoms. The number of hydrogen-bond acceptors (Lipinski definition) is 10. The van der Waals surface area contributed by atoms with E-state index in [4.69, 9.17) is 14.2 Å². The number of phenols is 4. The van der Waals surface area contributed by atoms with Crippen LogP contribution in [0.5, 0.6) is 23.0 Å². The molecule has 0 aliphatic heterocycles. The molecule has 4 atom stereocenters. The molecule has 1 saturated carbocycles. The van der Waals surface area contributed by atoms with Gasteiger partial charge in [-0.05, 0) is 35.4 Å². The first-order valence-electron chi connectivity index (χ1n) is 11.2. The molecule has 0 unspecified atom stereocenters. The zero-order chi connectivity index (χ0) is 26.3. The van der Waals surface area contributed by atoms with Crippen molar-refractivity contribution >= 4 is 18.1 Å². The first kappa shape index (κ1) is 27.0. The summed E-state index contributed by atoms with van der Waals surface area (Å²) in [5.74, 6) is -1.87. The van der Waals surface area contributed by atoms with Gasteiger partial charge in [0.1, 0.15) is 6.10 Å². The fraction of sp³-hybridized carbons (Fsp3) is 0.346. The molecule has 3 rings (SSSR count). The van der Waals surface area contributed by atoms with E-state index in [0.29, 0.717) is 11.1 Å². The van der Waals surface area contributed by atoms with Gasteiger partial charge in [-0.2, -0.15) is 0 Å². The van der Waals surface area contributed by atoms with Crippen molar-refractivity contribution in [2.75, 3.05) is 20.3 Å². The maximum absolute atomic E-state index is 12.1. The molecule has 2 aromatic carbocycles. The molecular weight excluding hydrogens is 472 g/mol. The number of phenolic OH excluding ortho intramolecular Hbond substituents is 4. The normalized spacial score (nSPS) is 24.4. The molecule has 6 N–H and O–H groups in total. The van der Waals surface area contributed by atoms with Crippen LogP contribution in [0, 0.1) is 0 Å². The fourth-order valence-electron chi connectivity index (χ4n) is 3.97. The van der Waals surface area contributed by atoms with Crippen molar-refractivity contribution in [3.05, 3.63) is 59.7 Å². The van der Waals surface area contributed by atoms with E-state index in [1.807, 2.05) is 0 Å². The number of carbonyl (C=O) groups excluding carboxylic acids is 1. The highest BCUT2D eigenvalue weighted by Gasteiger charge is 2.50. The van der Waals surface area contributed by atoms with Gasteiger partial charge in [-0.25, -0.2) is 4.79 Å². The van der Waals surface area contributed by atoms with Crippen LogP contribution in [-0.4, -0.2) is 80.8 Å². The average molecular weight is 503 g/mol. The maximum atomic E-state index is 12.1. The minimum atomic E-state index is -1.94. The second-order valence-corrected chi connectivity index (χ2v) is 8.47. The van der Waals surface area contributed by atoms with Gasteiger partial charge in [-0.1, -0.05) is 36.4 Å². The Morgan fingerprint density at radius 3 is 1.92 bits per heavy atom. The van der Waals surface area contributed by atoms with Gasteiger partial charge < -0.3 is 44.8 Å². The van der Waals surface area contributed by atoms with Gasteiger partial charge in [0.05, 0.1) is 32.5 Å². The lowest BCUT2D eigenvalue weighted by Gasteiger charge is -2.42. The molecule has 0 bridgehead atoms. The summed E-state index contributed by atoms with van der Waals surface area (Å²) in [6.07, 6.45) is 3.19. The largest absolute Gasteiger partial charge is 0.504 e. The first-order chi connectivity index (χ1) is 17.1. The second kappa shape index (κ2) is 11.9. The minimum absolute atomic E-state index is 0.0404.